The number of aromatic nitrogens is 2. The Morgan fingerprint density at radius 2 is 1.94 bits per heavy atom. The third-order valence-electron chi connectivity index (χ3n) is 8.30. The van der Waals surface area contributed by atoms with Gasteiger partial charge in [-0.1, -0.05) is 43.2 Å². The highest BCUT2D eigenvalue weighted by Crippen LogP contribution is 2.51. The number of piperazine rings is 1. The van der Waals surface area contributed by atoms with Crippen molar-refractivity contribution in [2.24, 2.45) is 5.41 Å². The van der Waals surface area contributed by atoms with E-state index in [9.17, 15) is 14.7 Å². The maximum atomic E-state index is 13.8. The normalized spacial score (nSPS) is 26.7. The van der Waals surface area contributed by atoms with Crippen LogP contribution in [0.1, 0.15) is 49.4 Å². The monoisotopic (exact) mass is 465 g/mol. The summed E-state index contributed by atoms with van der Waals surface area (Å²) in [5, 5.41) is 15.4. The van der Waals surface area contributed by atoms with Gasteiger partial charge in [0.1, 0.15) is 5.69 Å². The van der Waals surface area contributed by atoms with Gasteiger partial charge in [0.25, 0.3) is 5.56 Å². The number of piperidine rings is 1. The molecule has 5 rings (SSSR count). The van der Waals surface area contributed by atoms with Gasteiger partial charge in [-0.25, -0.2) is 4.79 Å². The number of carbonyl (C=O) groups is 1. The summed E-state index contributed by atoms with van der Waals surface area (Å²) in [6, 6.07) is 10.3. The fourth-order valence-corrected chi connectivity index (χ4v) is 6.31. The predicted molar refractivity (Wildman–Crippen MR) is 129 cm³/mol. The lowest BCUT2D eigenvalue weighted by atomic mass is 9.66. The number of hydrogen-bond acceptors (Lipinski definition) is 5. The quantitative estimate of drug-likeness (QED) is 0.726. The second kappa shape index (κ2) is 9.15. The number of nitrogens with zero attached hydrogens (tertiary/aromatic N) is 4. The Balaban J connectivity index is 1.39. The third kappa shape index (κ3) is 4.03. The Morgan fingerprint density at radius 1 is 1.18 bits per heavy atom. The van der Waals surface area contributed by atoms with E-state index in [1.807, 2.05) is 28.0 Å². The van der Waals surface area contributed by atoms with Crippen molar-refractivity contribution < 1.29 is 9.90 Å². The first-order valence-electron chi connectivity index (χ1n) is 12.5. The highest BCUT2D eigenvalue weighted by atomic mass is 16.3. The van der Waals surface area contributed by atoms with Crippen LogP contribution in [0.2, 0.25) is 0 Å². The summed E-state index contributed by atoms with van der Waals surface area (Å²) in [5.74, 6) is 0. The molecule has 0 radical (unpaired) electrons. The second-order valence-electron chi connectivity index (χ2n) is 10.2. The van der Waals surface area contributed by atoms with Gasteiger partial charge in [0, 0.05) is 50.5 Å². The van der Waals surface area contributed by atoms with E-state index in [4.69, 9.17) is 0 Å². The SMILES string of the molecule is Cc1nccn(CC2(O)CCN(C(=O)N3CCNCC3c3ccccc3)CC23CCCC3)c1=O. The number of carbonyl (C=O) groups excluding carboxylic acids is 1. The number of urea groups is 1. The van der Waals surface area contributed by atoms with Gasteiger partial charge in [0.2, 0.25) is 0 Å². The standard InChI is InChI=1S/C26H35N5O3/c1-20-23(32)29(15-13-28-20)19-26(34)11-14-30(18-25(26)9-5-6-10-25)24(33)31-16-12-27-17-22(31)21-7-3-2-4-8-21/h2-4,7-8,13,15,22,27,34H,5-6,9-12,14,16-19H2,1H3. The number of aryl methyl sites for hydroxylation is 1. The molecule has 1 saturated carbocycles. The molecule has 3 heterocycles. The molecule has 2 unspecified atom stereocenters. The van der Waals surface area contributed by atoms with Gasteiger partial charge in [0.05, 0.1) is 18.2 Å². The van der Waals surface area contributed by atoms with Gasteiger partial charge in [-0.3, -0.25) is 9.78 Å². The van der Waals surface area contributed by atoms with E-state index < -0.39 is 11.0 Å². The van der Waals surface area contributed by atoms with Crippen LogP contribution in [-0.2, 0) is 6.54 Å². The first-order chi connectivity index (χ1) is 16.4. The lowest BCUT2D eigenvalue weighted by Crippen LogP contribution is -2.64. The van der Waals surface area contributed by atoms with Crippen LogP contribution in [0.4, 0.5) is 4.79 Å². The molecule has 8 heteroatoms. The molecule has 2 aliphatic heterocycles. The molecule has 182 valence electrons. The molecular weight excluding hydrogens is 430 g/mol. The van der Waals surface area contributed by atoms with Crippen molar-refractivity contribution in [3.63, 3.8) is 0 Å². The van der Waals surface area contributed by atoms with Gasteiger partial charge >= 0.3 is 6.03 Å². The van der Waals surface area contributed by atoms with Crippen molar-refractivity contribution in [2.45, 2.75) is 57.2 Å². The van der Waals surface area contributed by atoms with Crippen molar-refractivity contribution >= 4 is 6.03 Å². The molecule has 1 spiro atoms. The van der Waals surface area contributed by atoms with Crippen LogP contribution < -0.4 is 10.9 Å². The van der Waals surface area contributed by atoms with Gasteiger partial charge in [0.15, 0.2) is 0 Å². The van der Waals surface area contributed by atoms with Gasteiger partial charge in [-0.15, -0.1) is 0 Å². The number of nitrogens with one attached hydrogen (secondary N) is 1. The Morgan fingerprint density at radius 3 is 2.71 bits per heavy atom. The second-order valence-corrected chi connectivity index (χ2v) is 10.2. The average Bonchev–Trinajstić information content (AvgIpc) is 3.34. The van der Waals surface area contributed by atoms with Gasteiger partial charge < -0.3 is 24.8 Å². The lowest BCUT2D eigenvalue weighted by Gasteiger charge is -2.53. The predicted octanol–water partition coefficient (Wildman–Crippen LogP) is 2.32. The van der Waals surface area contributed by atoms with Crippen LogP contribution in [0.15, 0.2) is 47.5 Å². The van der Waals surface area contributed by atoms with Crippen LogP contribution in [-0.4, -0.2) is 68.8 Å². The highest BCUT2D eigenvalue weighted by Gasteiger charge is 2.56. The summed E-state index contributed by atoms with van der Waals surface area (Å²) < 4.78 is 1.60. The largest absolute Gasteiger partial charge is 0.387 e. The summed E-state index contributed by atoms with van der Waals surface area (Å²) in [6.45, 7) is 5.15. The van der Waals surface area contributed by atoms with Crippen molar-refractivity contribution in [3.8, 4) is 0 Å². The van der Waals surface area contributed by atoms with Crippen LogP contribution in [0.25, 0.3) is 0 Å². The van der Waals surface area contributed by atoms with Crippen molar-refractivity contribution in [1.29, 1.82) is 0 Å². The van der Waals surface area contributed by atoms with E-state index in [1.165, 1.54) is 0 Å². The Kier molecular flexibility index (Phi) is 6.20. The Bertz CT molecular complexity index is 1080. The maximum Gasteiger partial charge on any atom is 0.320 e. The molecule has 1 aromatic carbocycles. The first-order valence-corrected chi connectivity index (χ1v) is 12.5. The fraction of sp³-hybridized carbons (Fsp3) is 0.577. The van der Waals surface area contributed by atoms with E-state index in [2.05, 4.69) is 22.4 Å². The number of benzene rings is 1. The molecular formula is C26H35N5O3. The molecule has 3 fully saturated rings. The molecule has 2 aromatic rings. The van der Waals surface area contributed by atoms with E-state index in [0.717, 1.165) is 44.3 Å². The molecule has 2 saturated heterocycles. The van der Waals surface area contributed by atoms with Crippen LogP contribution >= 0.6 is 0 Å². The van der Waals surface area contributed by atoms with E-state index >= 15 is 0 Å². The minimum atomic E-state index is -1.03. The lowest BCUT2D eigenvalue weighted by molar-refractivity contribution is -0.136. The number of amides is 2. The van der Waals surface area contributed by atoms with Crippen molar-refractivity contribution in [1.82, 2.24) is 24.7 Å². The van der Waals surface area contributed by atoms with E-state index in [1.54, 1.807) is 23.9 Å². The third-order valence-corrected chi connectivity index (χ3v) is 8.30. The zero-order chi connectivity index (χ0) is 23.8. The molecule has 1 aromatic heterocycles. The Labute approximate surface area is 200 Å². The van der Waals surface area contributed by atoms with Crippen molar-refractivity contribution in [2.75, 3.05) is 32.7 Å². The number of rotatable bonds is 3. The zero-order valence-corrected chi connectivity index (χ0v) is 19.9. The smallest absolute Gasteiger partial charge is 0.320 e. The molecule has 8 nitrogen and oxygen atoms in total. The zero-order valence-electron chi connectivity index (χ0n) is 19.9. The van der Waals surface area contributed by atoms with Gasteiger partial charge in [-0.2, -0.15) is 0 Å². The minimum Gasteiger partial charge on any atom is -0.387 e. The van der Waals surface area contributed by atoms with Crippen molar-refractivity contribution in [3.05, 3.63) is 64.3 Å². The highest BCUT2D eigenvalue weighted by molar-refractivity contribution is 5.75. The van der Waals surface area contributed by atoms with Crippen LogP contribution in [0.3, 0.4) is 0 Å². The molecule has 0 bridgehead atoms. The Hall–Kier alpha value is -2.71. The molecule has 34 heavy (non-hydrogen) atoms. The first kappa shape index (κ1) is 23.1. The minimum absolute atomic E-state index is 0.00107. The number of hydrogen-bond donors (Lipinski definition) is 2. The average molecular weight is 466 g/mol. The number of aliphatic hydroxyl groups is 1. The summed E-state index contributed by atoms with van der Waals surface area (Å²) in [5.41, 5.74) is -0.00733. The molecule has 2 amide bonds. The van der Waals surface area contributed by atoms with E-state index in [0.29, 0.717) is 31.7 Å². The molecule has 3 aliphatic rings. The topological polar surface area (TPSA) is 90.7 Å². The molecule has 2 N–H and O–H groups in total. The summed E-state index contributed by atoms with van der Waals surface area (Å²) >= 11 is 0. The van der Waals surface area contributed by atoms with Crippen LogP contribution in [0.5, 0.6) is 0 Å². The summed E-state index contributed by atoms with van der Waals surface area (Å²) in [7, 11) is 0. The van der Waals surface area contributed by atoms with Gasteiger partial charge in [-0.05, 0) is 31.7 Å². The molecule has 2 atom stereocenters. The number of likely N-dealkylation sites (tertiary alicyclic amines) is 1. The maximum absolute atomic E-state index is 13.8. The van der Waals surface area contributed by atoms with E-state index in [-0.39, 0.29) is 24.2 Å². The molecule has 1 aliphatic carbocycles. The fourth-order valence-electron chi connectivity index (χ4n) is 6.31. The van der Waals surface area contributed by atoms with Crippen LogP contribution in [0, 0.1) is 12.3 Å². The summed E-state index contributed by atoms with van der Waals surface area (Å²) in [6.07, 6.45) is 7.57. The summed E-state index contributed by atoms with van der Waals surface area (Å²) in [4.78, 5) is 34.5.